The lowest BCUT2D eigenvalue weighted by Gasteiger charge is -2.26. The molecule has 2 rings (SSSR count). The molecule has 0 aliphatic carbocycles. The molecule has 0 bridgehead atoms. The van der Waals surface area contributed by atoms with Crippen molar-refractivity contribution in [2.75, 3.05) is 29.5 Å². The summed E-state index contributed by atoms with van der Waals surface area (Å²) in [6.45, 7) is 1.76. The first-order valence-electron chi connectivity index (χ1n) is 4.68. The van der Waals surface area contributed by atoms with Gasteiger partial charge in [0, 0.05) is 24.6 Å². The molecule has 84 valence electrons. The Kier molecular flexibility index (Phi) is 3.74. The van der Waals surface area contributed by atoms with Crippen molar-refractivity contribution in [2.45, 2.75) is 0 Å². The number of nitriles is 1. The summed E-state index contributed by atoms with van der Waals surface area (Å²) in [5.41, 5.74) is 0.137. The van der Waals surface area contributed by atoms with Crippen LogP contribution in [0.1, 0.15) is 5.56 Å². The van der Waals surface area contributed by atoms with Crippen LogP contribution in [0.3, 0.4) is 0 Å². The number of halogens is 2. The summed E-state index contributed by atoms with van der Waals surface area (Å²) >= 11 is 13.6. The minimum atomic E-state index is 0.121. The third kappa shape index (κ3) is 2.34. The van der Waals surface area contributed by atoms with Gasteiger partial charge in [-0.3, -0.25) is 0 Å². The lowest BCUT2D eigenvalue weighted by Crippen LogP contribution is -2.33. The normalized spacial score (nSPS) is 15.9. The minimum absolute atomic E-state index is 0.121. The minimum Gasteiger partial charge on any atom is -0.339 e. The molecule has 1 fully saturated rings. The first kappa shape index (κ1) is 11.8. The smallest absolute Gasteiger partial charge is 0.228 e. The van der Waals surface area contributed by atoms with E-state index in [1.807, 2.05) is 22.7 Å². The maximum absolute atomic E-state index is 8.78. The van der Waals surface area contributed by atoms with Crippen molar-refractivity contribution in [1.29, 1.82) is 5.26 Å². The molecule has 4 nitrogen and oxygen atoms in total. The van der Waals surface area contributed by atoms with Crippen LogP contribution in [0.15, 0.2) is 0 Å². The average Bonchev–Trinajstić information content (AvgIpc) is 2.30. The maximum atomic E-state index is 8.78. The maximum Gasteiger partial charge on any atom is 0.228 e. The van der Waals surface area contributed by atoms with Crippen molar-refractivity contribution in [3.05, 3.63) is 15.9 Å². The molecule has 1 saturated heterocycles. The van der Waals surface area contributed by atoms with Crippen LogP contribution in [-0.2, 0) is 0 Å². The SMILES string of the molecule is N#Cc1c(Cl)nc(N2CCSCC2)nc1Cl. The molecule has 1 aromatic rings. The molecule has 0 spiro atoms. The summed E-state index contributed by atoms with van der Waals surface area (Å²) in [5, 5.41) is 9.03. The fraction of sp³-hybridized carbons (Fsp3) is 0.444. The van der Waals surface area contributed by atoms with E-state index in [-0.39, 0.29) is 15.9 Å². The van der Waals surface area contributed by atoms with Gasteiger partial charge in [0.15, 0.2) is 10.3 Å². The summed E-state index contributed by atoms with van der Waals surface area (Å²) in [4.78, 5) is 10.2. The topological polar surface area (TPSA) is 52.8 Å². The van der Waals surface area contributed by atoms with Crippen LogP contribution in [0.25, 0.3) is 0 Å². The molecular weight excluding hydrogens is 267 g/mol. The Morgan fingerprint density at radius 1 is 1.19 bits per heavy atom. The number of rotatable bonds is 1. The predicted octanol–water partition coefficient (Wildman–Crippen LogP) is 2.21. The van der Waals surface area contributed by atoms with E-state index >= 15 is 0 Å². The molecule has 1 aliphatic rings. The zero-order chi connectivity index (χ0) is 11.5. The fourth-order valence-electron chi connectivity index (χ4n) is 1.39. The Morgan fingerprint density at radius 2 is 1.75 bits per heavy atom. The highest BCUT2D eigenvalue weighted by atomic mass is 35.5. The van der Waals surface area contributed by atoms with Gasteiger partial charge < -0.3 is 4.90 Å². The Labute approximate surface area is 108 Å². The molecule has 7 heteroatoms. The largest absolute Gasteiger partial charge is 0.339 e. The summed E-state index contributed by atoms with van der Waals surface area (Å²) in [6, 6.07) is 1.88. The van der Waals surface area contributed by atoms with Crippen LogP contribution >= 0.6 is 35.0 Å². The molecule has 1 aromatic heterocycles. The van der Waals surface area contributed by atoms with Gasteiger partial charge in [0.25, 0.3) is 0 Å². The number of anilines is 1. The highest BCUT2D eigenvalue weighted by Crippen LogP contribution is 2.24. The quantitative estimate of drug-likeness (QED) is 0.735. The second-order valence-electron chi connectivity index (χ2n) is 3.19. The third-order valence-electron chi connectivity index (χ3n) is 2.21. The third-order valence-corrected chi connectivity index (χ3v) is 3.70. The molecule has 0 amide bonds. The predicted molar refractivity (Wildman–Crippen MR) is 66.3 cm³/mol. The van der Waals surface area contributed by atoms with Gasteiger partial charge in [0.1, 0.15) is 11.6 Å². The van der Waals surface area contributed by atoms with Gasteiger partial charge in [0.05, 0.1) is 0 Å². The van der Waals surface area contributed by atoms with Crippen molar-refractivity contribution in [1.82, 2.24) is 9.97 Å². The van der Waals surface area contributed by atoms with Gasteiger partial charge in [-0.2, -0.15) is 27.0 Å². The number of hydrogen-bond acceptors (Lipinski definition) is 5. The van der Waals surface area contributed by atoms with Crippen molar-refractivity contribution in [3.8, 4) is 6.07 Å². The van der Waals surface area contributed by atoms with Crippen LogP contribution < -0.4 is 4.90 Å². The Bertz CT molecular complexity index is 417. The van der Waals surface area contributed by atoms with Gasteiger partial charge in [-0.1, -0.05) is 23.2 Å². The molecular formula is C9H8Cl2N4S. The van der Waals surface area contributed by atoms with Crippen LogP contribution in [0, 0.1) is 11.3 Å². The van der Waals surface area contributed by atoms with Gasteiger partial charge >= 0.3 is 0 Å². The Morgan fingerprint density at radius 3 is 2.25 bits per heavy atom. The highest BCUT2D eigenvalue weighted by molar-refractivity contribution is 7.99. The molecule has 0 atom stereocenters. The van der Waals surface area contributed by atoms with Crippen molar-refractivity contribution in [2.24, 2.45) is 0 Å². The Balaban J connectivity index is 2.32. The standard InChI is InChI=1S/C9H8Cl2N4S/c10-7-6(5-12)8(11)14-9(13-7)15-1-3-16-4-2-15/h1-4H2. The van der Waals surface area contributed by atoms with Gasteiger partial charge in [-0.25, -0.2) is 0 Å². The molecule has 2 heterocycles. The average molecular weight is 275 g/mol. The lowest BCUT2D eigenvalue weighted by molar-refractivity contribution is 0.815. The highest BCUT2D eigenvalue weighted by Gasteiger charge is 2.17. The zero-order valence-corrected chi connectivity index (χ0v) is 10.6. The van der Waals surface area contributed by atoms with Crippen molar-refractivity contribution < 1.29 is 0 Å². The second kappa shape index (κ2) is 5.09. The molecule has 0 saturated carbocycles. The zero-order valence-electron chi connectivity index (χ0n) is 8.28. The van der Waals surface area contributed by atoms with E-state index in [1.54, 1.807) is 0 Å². The molecule has 0 N–H and O–H groups in total. The molecule has 1 aliphatic heterocycles. The summed E-state index contributed by atoms with van der Waals surface area (Å²) in [7, 11) is 0. The van der Waals surface area contributed by atoms with Gasteiger partial charge in [-0.05, 0) is 0 Å². The molecule has 0 radical (unpaired) electrons. The van der Waals surface area contributed by atoms with Crippen LogP contribution in [-0.4, -0.2) is 34.6 Å². The summed E-state index contributed by atoms with van der Waals surface area (Å²) in [6.07, 6.45) is 0. The second-order valence-corrected chi connectivity index (χ2v) is 5.13. The van der Waals surface area contributed by atoms with E-state index in [9.17, 15) is 0 Å². The monoisotopic (exact) mass is 274 g/mol. The first-order chi connectivity index (χ1) is 7.72. The molecule has 0 unspecified atom stereocenters. The van der Waals surface area contributed by atoms with Crippen molar-refractivity contribution in [3.63, 3.8) is 0 Å². The van der Waals surface area contributed by atoms with E-state index in [2.05, 4.69) is 9.97 Å². The number of aromatic nitrogens is 2. The van der Waals surface area contributed by atoms with Gasteiger partial charge in [-0.15, -0.1) is 0 Å². The van der Waals surface area contributed by atoms with Gasteiger partial charge in [0.2, 0.25) is 5.95 Å². The Hall–Kier alpha value is -0.700. The van der Waals surface area contributed by atoms with E-state index < -0.39 is 0 Å². The fourth-order valence-corrected chi connectivity index (χ4v) is 2.76. The summed E-state index contributed by atoms with van der Waals surface area (Å²) < 4.78 is 0. The summed E-state index contributed by atoms with van der Waals surface area (Å²) in [5.74, 6) is 2.59. The molecule has 0 aromatic carbocycles. The molecule has 16 heavy (non-hydrogen) atoms. The first-order valence-corrected chi connectivity index (χ1v) is 6.59. The van der Waals surface area contributed by atoms with E-state index in [0.717, 1.165) is 24.6 Å². The van der Waals surface area contributed by atoms with E-state index in [0.29, 0.717) is 5.95 Å². The van der Waals surface area contributed by atoms with E-state index in [4.69, 9.17) is 28.5 Å². The number of hydrogen-bond donors (Lipinski definition) is 0. The van der Waals surface area contributed by atoms with E-state index in [1.165, 1.54) is 0 Å². The lowest BCUT2D eigenvalue weighted by atomic mass is 10.4. The van der Waals surface area contributed by atoms with Crippen molar-refractivity contribution >= 4 is 40.9 Å². The van der Waals surface area contributed by atoms with Crippen LogP contribution in [0.2, 0.25) is 10.3 Å². The van der Waals surface area contributed by atoms with Crippen LogP contribution in [0.5, 0.6) is 0 Å². The number of nitrogens with zero attached hydrogens (tertiary/aromatic N) is 4. The number of thioether (sulfide) groups is 1. The van der Waals surface area contributed by atoms with Crippen LogP contribution in [0.4, 0.5) is 5.95 Å².